The highest BCUT2D eigenvalue weighted by Gasteiger charge is 1.98. The molecule has 3 aromatic rings. The van der Waals surface area contributed by atoms with Gasteiger partial charge in [-0.1, -0.05) is 18.2 Å². The lowest BCUT2D eigenvalue weighted by molar-refractivity contribution is 0.628. The number of aromatic nitrogens is 1. The van der Waals surface area contributed by atoms with Gasteiger partial charge in [-0.25, -0.2) is 4.39 Å². The van der Waals surface area contributed by atoms with Gasteiger partial charge in [0.1, 0.15) is 5.82 Å². The number of nitrogens with zero attached hydrogens (tertiary/aromatic N) is 1. The predicted molar refractivity (Wildman–Crippen MR) is 75.5 cm³/mol. The topological polar surface area (TPSA) is 24.9 Å². The Hall–Kier alpha value is -2.42. The van der Waals surface area contributed by atoms with Crippen molar-refractivity contribution in [1.82, 2.24) is 4.98 Å². The SMILES string of the molecule is Fc1cccc(NCc2ccc3ncccc3c2)c1. The van der Waals surface area contributed by atoms with Crippen molar-refractivity contribution in [2.24, 2.45) is 0 Å². The molecule has 0 fully saturated rings. The third kappa shape index (κ3) is 2.71. The number of nitrogens with one attached hydrogen (secondary N) is 1. The summed E-state index contributed by atoms with van der Waals surface area (Å²) in [5.41, 5.74) is 2.91. The Morgan fingerprint density at radius 2 is 1.95 bits per heavy atom. The summed E-state index contributed by atoms with van der Waals surface area (Å²) in [6.45, 7) is 0.661. The zero-order valence-corrected chi connectivity index (χ0v) is 10.3. The van der Waals surface area contributed by atoms with Gasteiger partial charge in [-0.2, -0.15) is 0 Å². The fourth-order valence-electron chi connectivity index (χ4n) is 2.04. The summed E-state index contributed by atoms with van der Waals surface area (Å²) in [6, 6.07) is 16.6. The molecule has 0 radical (unpaired) electrons. The van der Waals surface area contributed by atoms with Gasteiger partial charge < -0.3 is 5.32 Å². The third-order valence-electron chi connectivity index (χ3n) is 2.99. The van der Waals surface area contributed by atoms with E-state index in [1.165, 1.54) is 12.1 Å². The molecule has 19 heavy (non-hydrogen) atoms. The van der Waals surface area contributed by atoms with Gasteiger partial charge >= 0.3 is 0 Å². The molecule has 0 aliphatic rings. The zero-order chi connectivity index (χ0) is 13.1. The van der Waals surface area contributed by atoms with Crippen molar-refractivity contribution < 1.29 is 4.39 Å². The summed E-state index contributed by atoms with van der Waals surface area (Å²) in [5.74, 6) is -0.229. The van der Waals surface area contributed by atoms with Crippen molar-refractivity contribution >= 4 is 16.6 Å². The van der Waals surface area contributed by atoms with Crippen LogP contribution < -0.4 is 5.32 Å². The molecule has 0 bridgehead atoms. The number of anilines is 1. The van der Waals surface area contributed by atoms with Gasteiger partial charge in [-0.3, -0.25) is 4.98 Å². The summed E-state index contributed by atoms with van der Waals surface area (Å²) in [5, 5.41) is 4.32. The van der Waals surface area contributed by atoms with Crippen LogP contribution in [-0.4, -0.2) is 4.98 Å². The van der Waals surface area contributed by atoms with Gasteiger partial charge in [0.15, 0.2) is 0 Å². The van der Waals surface area contributed by atoms with Crippen LogP contribution >= 0.6 is 0 Å². The molecule has 2 nitrogen and oxygen atoms in total. The van der Waals surface area contributed by atoms with E-state index >= 15 is 0 Å². The van der Waals surface area contributed by atoms with E-state index in [9.17, 15) is 4.39 Å². The van der Waals surface area contributed by atoms with Gasteiger partial charge in [0.25, 0.3) is 0 Å². The van der Waals surface area contributed by atoms with Crippen LogP contribution in [-0.2, 0) is 6.54 Å². The molecule has 0 amide bonds. The normalized spacial score (nSPS) is 10.6. The van der Waals surface area contributed by atoms with E-state index in [4.69, 9.17) is 0 Å². The molecule has 0 saturated carbocycles. The quantitative estimate of drug-likeness (QED) is 0.762. The Morgan fingerprint density at radius 3 is 2.84 bits per heavy atom. The average molecular weight is 252 g/mol. The second kappa shape index (κ2) is 5.06. The Morgan fingerprint density at radius 1 is 1.00 bits per heavy atom. The summed E-state index contributed by atoms with van der Waals surface area (Å²) in [4.78, 5) is 4.28. The number of hydrogen-bond donors (Lipinski definition) is 1. The first-order chi connectivity index (χ1) is 9.31. The maximum absolute atomic E-state index is 13.1. The van der Waals surface area contributed by atoms with Crippen LogP contribution in [0.15, 0.2) is 60.8 Å². The number of hydrogen-bond acceptors (Lipinski definition) is 2. The van der Waals surface area contributed by atoms with Crippen LogP contribution in [0.2, 0.25) is 0 Å². The van der Waals surface area contributed by atoms with E-state index in [1.54, 1.807) is 12.3 Å². The molecular formula is C16H13FN2. The fraction of sp³-hybridized carbons (Fsp3) is 0.0625. The first kappa shape index (κ1) is 11.7. The Kier molecular flexibility index (Phi) is 3.11. The molecule has 2 aromatic carbocycles. The van der Waals surface area contributed by atoms with E-state index < -0.39 is 0 Å². The van der Waals surface area contributed by atoms with Gasteiger partial charge in [-0.05, 0) is 42.0 Å². The molecule has 3 heteroatoms. The molecule has 1 N–H and O–H groups in total. The second-order valence-electron chi connectivity index (χ2n) is 4.39. The van der Waals surface area contributed by atoms with Crippen LogP contribution in [0.4, 0.5) is 10.1 Å². The van der Waals surface area contributed by atoms with Gasteiger partial charge in [-0.15, -0.1) is 0 Å². The lowest BCUT2D eigenvalue weighted by atomic mass is 10.1. The minimum Gasteiger partial charge on any atom is -0.381 e. The molecule has 1 heterocycles. The third-order valence-corrected chi connectivity index (χ3v) is 2.99. The largest absolute Gasteiger partial charge is 0.381 e. The Labute approximate surface area is 110 Å². The van der Waals surface area contributed by atoms with Gasteiger partial charge in [0.2, 0.25) is 0 Å². The average Bonchev–Trinajstić information content (AvgIpc) is 2.45. The summed E-state index contributed by atoms with van der Waals surface area (Å²) >= 11 is 0. The van der Waals surface area contributed by atoms with E-state index in [2.05, 4.69) is 16.4 Å². The maximum Gasteiger partial charge on any atom is 0.125 e. The van der Waals surface area contributed by atoms with E-state index in [0.717, 1.165) is 22.2 Å². The summed E-state index contributed by atoms with van der Waals surface area (Å²) in [6.07, 6.45) is 1.78. The van der Waals surface area contributed by atoms with Gasteiger partial charge in [0.05, 0.1) is 5.52 Å². The van der Waals surface area contributed by atoms with Crippen molar-refractivity contribution in [3.8, 4) is 0 Å². The van der Waals surface area contributed by atoms with Crippen LogP contribution in [0, 0.1) is 5.82 Å². The summed E-state index contributed by atoms with van der Waals surface area (Å²) in [7, 11) is 0. The van der Waals surface area contributed by atoms with Crippen molar-refractivity contribution in [2.75, 3.05) is 5.32 Å². The van der Waals surface area contributed by atoms with Crippen LogP contribution in [0.1, 0.15) is 5.56 Å². The number of pyridine rings is 1. The summed E-state index contributed by atoms with van der Waals surface area (Å²) < 4.78 is 13.1. The first-order valence-corrected chi connectivity index (χ1v) is 6.14. The molecule has 0 aliphatic heterocycles. The molecule has 0 aliphatic carbocycles. The molecule has 0 spiro atoms. The standard InChI is InChI=1S/C16H13FN2/c17-14-4-1-5-15(10-14)19-11-12-6-7-16-13(9-12)3-2-8-18-16/h1-10,19H,11H2. The number of rotatable bonds is 3. The van der Waals surface area contributed by atoms with E-state index in [1.807, 2.05) is 30.3 Å². The highest BCUT2D eigenvalue weighted by atomic mass is 19.1. The van der Waals surface area contributed by atoms with E-state index in [0.29, 0.717) is 6.54 Å². The highest BCUT2D eigenvalue weighted by molar-refractivity contribution is 5.78. The fourth-order valence-corrected chi connectivity index (χ4v) is 2.04. The predicted octanol–water partition coefficient (Wildman–Crippen LogP) is 3.99. The second-order valence-corrected chi connectivity index (χ2v) is 4.39. The molecule has 3 rings (SSSR count). The van der Waals surface area contributed by atoms with Crippen LogP contribution in [0.5, 0.6) is 0 Å². The maximum atomic E-state index is 13.1. The molecule has 0 unspecified atom stereocenters. The number of benzene rings is 2. The minimum atomic E-state index is -0.229. The molecule has 0 saturated heterocycles. The number of halogens is 1. The lowest BCUT2D eigenvalue weighted by Crippen LogP contribution is -1.99. The monoisotopic (exact) mass is 252 g/mol. The van der Waals surface area contributed by atoms with E-state index in [-0.39, 0.29) is 5.82 Å². The Bertz CT molecular complexity index is 710. The smallest absolute Gasteiger partial charge is 0.125 e. The van der Waals surface area contributed by atoms with Crippen molar-refractivity contribution in [3.63, 3.8) is 0 Å². The molecule has 0 atom stereocenters. The highest BCUT2D eigenvalue weighted by Crippen LogP contribution is 2.15. The zero-order valence-electron chi connectivity index (χ0n) is 10.3. The lowest BCUT2D eigenvalue weighted by Gasteiger charge is -2.07. The molecule has 94 valence electrons. The number of fused-ring (bicyclic) bond motifs is 1. The van der Waals surface area contributed by atoms with Crippen molar-refractivity contribution in [2.45, 2.75) is 6.54 Å². The molecular weight excluding hydrogens is 239 g/mol. The first-order valence-electron chi connectivity index (χ1n) is 6.14. The minimum absolute atomic E-state index is 0.229. The van der Waals surface area contributed by atoms with Gasteiger partial charge in [0, 0.05) is 23.8 Å². The molecule has 1 aromatic heterocycles. The van der Waals surface area contributed by atoms with Crippen molar-refractivity contribution in [1.29, 1.82) is 0 Å². The van der Waals surface area contributed by atoms with Crippen LogP contribution in [0.25, 0.3) is 10.9 Å². The Balaban J connectivity index is 1.78. The van der Waals surface area contributed by atoms with Crippen molar-refractivity contribution in [3.05, 3.63) is 72.2 Å². The van der Waals surface area contributed by atoms with Crippen LogP contribution in [0.3, 0.4) is 0 Å².